The Morgan fingerprint density at radius 3 is 2.28 bits per heavy atom. The first kappa shape index (κ1) is 29.7. The molecule has 0 aliphatic heterocycles. The monoisotopic (exact) mass is 557 g/mol. The summed E-state index contributed by atoms with van der Waals surface area (Å²) in [7, 11) is -3.88. The molecule has 0 saturated heterocycles. The van der Waals surface area contributed by atoms with Crippen LogP contribution in [-0.2, 0) is 26.2 Å². The van der Waals surface area contributed by atoms with Crippen molar-refractivity contribution in [3.63, 3.8) is 0 Å². The maximum atomic E-state index is 13.7. The van der Waals surface area contributed by atoms with Gasteiger partial charge in [-0.2, -0.15) is 0 Å². The highest BCUT2D eigenvalue weighted by molar-refractivity contribution is 7.92. The first-order valence-corrected chi connectivity index (χ1v) is 14.0. The Kier molecular flexibility index (Phi) is 10.0. The highest BCUT2D eigenvalue weighted by Gasteiger charge is 2.32. The number of rotatable bonds is 10. The third-order valence-electron chi connectivity index (χ3n) is 5.12. The molecule has 2 aromatic carbocycles. The normalized spacial score (nSPS) is 12.6. The van der Waals surface area contributed by atoms with Crippen LogP contribution in [0.3, 0.4) is 0 Å². The van der Waals surface area contributed by atoms with Gasteiger partial charge in [0.2, 0.25) is 21.8 Å². The predicted molar refractivity (Wildman–Crippen MR) is 144 cm³/mol. The number of ether oxygens (including phenoxy) is 1. The van der Waals surface area contributed by atoms with Crippen molar-refractivity contribution in [1.82, 2.24) is 10.2 Å². The van der Waals surface area contributed by atoms with Crippen molar-refractivity contribution in [2.45, 2.75) is 52.7 Å². The lowest BCUT2D eigenvalue weighted by Gasteiger charge is -2.33. The second-order valence-corrected chi connectivity index (χ2v) is 12.1. The number of halogens is 2. The van der Waals surface area contributed by atoms with Gasteiger partial charge in [0, 0.05) is 12.1 Å². The number of carbonyl (C=O) groups excluding carboxylic acids is 2. The van der Waals surface area contributed by atoms with Gasteiger partial charge in [0.25, 0.3) is 0 Å². The molecule has 0 saturated carbocycles. The van der Waals surface area contributed by atoms with Gasteiger partial charge in [0.15, 0.2) is 0 Å². The van der Waals surface area contributed by atoms with E-state index in [0.29, 0.717) is 28.0 Å². The number of nitrogens with zero attached hydrogens (tertiary/aromatic N) is 2. The molecule has 8 nitrogen and oxygen atoms in total. The second-order valence-electron chi connectivity index (χ2n) is 9.36. The molecule has 0 radical (unpaired) electrons. The van der Waals surface area contributed by atoms with E-state index in [1.807, 2.05) is 20.8 Å². The molecule has 2 aromatic rings. The van der Waals surface area contributed by atoms with Crippen molar-refractivity contribution < 1.29 is 22.7 Å². The van der Waals surface area contributed by atoms with Crippen molar-refractivity contribution >= 4 is 50.7 Å². The van der Waals surface area contributed by atoms with Gasteiger partial charge in [0.05, 0.1) is 28.6 Å². The zero-order valence-electron chi connectivity index (χ0n) is 21.3. The van der Waals surface area contributed by atoms with Gasteiger partial charge in [-0.05, 0) is 64.4 Å². The zero-order chi connectivity index (χ0) is 27.3. The summed E-state index contributed by atoms with van der Waals surface area (Å²) < 4.78 is 32.1. The smallest absolute Gasteiger partial charge is 0.244 e. The number of anilines is 1. The molecule has 0 unspecified atom stereocenters. The highest BCUT2D eigenvalue weighted by Crippen LogP contribution is 2.30. The van der Waals surface area contributed by atoms with Crippen LogP contribution >= 0.6 is 23.2 Å². The van der Waals surface area contributed by atoms with Crippen molar-refractivity contribution in [2.75, 3.05) is 23.7 Å². The molecule has 2 amide bonds. The number of amides is 2. The fraction of sp³-hybridized carbons (Fsp3) is 0.440. The van der Waals surface area contributed by atoms with E-state index >= 15 is 0 Å². The summed E-state index contributed by atoms with van der Waals surface area (Å²) in [6.45, 7) is 8.67. The average molecular weight is 559 g/mol. The molecule has 1 atom stereocenters. The fourth-order valence-electron chi connectivity index (χ4n) is 3.43. The molecule has 198 valence electrons. The maximum Gasteiger partial charge on any atom is 0.244 e. The summed E-state index contributed by atoms with van der Waals surface area (Å²) in [4.78, 5) is 28.0. The molecular formula is C25H33Cl2N3O5S. The number of para-hydroxylation sites is 2. The predicted octanol–water partition coefficient (Wildman–Crippen LogP) is 4.49. The van der Waals surface area contributed by atoms with Gasteiger partial charge >= 0.3 is 0 Å². The zero-order valence-corrected chi connectivity index (χ0v) is 23.7. The number of carbonyl (C=O) groups is 2. The van der Waals surface area contributed by atoms with E-state index in [1.54, 1.807) is 56.3 Å². The van der Waals surface area contributed by atoms with Crippen LogP contribution in [0.15, 0.2) is 42.5 Å². The van der Waals surface area contributed by atoms with Gasteiger partial charge in [-0.25, -0.2) is 8.42 Å². The van der Waals surface area contributed by atoms with E-state index in [1.165, 1.54) is 4.90 Å². The standard InChI is InChI=1S/C25H33Cl2N3O5S/c1-7-35-22-11-9-8-10-21(22)30(36(6,33)34)16-23(31)29(17(2)24(32)28-25(3,4)5)15-18-12-13-19(26)20(27)14-18/h8-14,17H,7,15-16H2,1-6H3,(H,28,32)/t17-/m0/s1. The van der Waals surface area contributed by atoms with E-state index in [-0.39, 0.29) is 18.1 Å². The number of hydrogen-bond donors (Lipinski definition) is 1. The maximum absolute atomic E-state index is 13.7. The van der Waals surface area contributed by atoms with Crippen molar-refractivity contribution in [3.8, 4) is 5.75 Å². The molecule has 0 aromatic heterocycles. The van der Waals surface area contributed by atoms with Gasteiger partial charge in [-0.15, -0.1) is 0 Å². The highest BCUT2D eigenvalue weighted by atomic mass is 35.5. The lowest BCUT2D eigenvalue weighted by Crippen LogP contribution is -2.54. The van der Waals surface area contributed by atoms with Crippen LogP contribution in [-0.4, -0.2) is 56.1 Å². The topological polar surface area (TPSA) is 96.0 Å². The molecule has 11 heteroatoms. The van der Waals surface area contributed by atoms with Crippen LogP contribution in [0, 0.1) is 0 Å². The van der Waals surface area contributed by atoms with E-state index in [9.17, 15) is 18.0 Å². The van der Waals surface area contributed by atoms with Crippen LogP contribution in [0.1, 0.15) is 40.2 Å². The summed E-state index contributed by atoms with van der Waals surface area (Å²) in [5.74, 6) is -0.626. The summed E-state index contributed by atoms with van der Waals surface area (Å²) in [6, 6.07) is 10.6. The average Bonchev–Trinajstić information content (AvgIpc) is 2.76. The van der Waals surface area contributed by atoms with Crippen LogP contribution < -0.4 is 14.4 Å². The van der Waals surface area contributed by atoms with Gasteiger partial charge in [0.1, 0.15) is 18.3 Å². The van der Waals surface area contributed by atoms with Crippen LogP contribution in [0.5, 0.6) is 5.75 Å². The Hall–Kier alpha value is -2.49. The molecule has 0 fully saturated rings. The van der Waals surface area contributed by atoms with Crippen molar-refractivity contribution in [1.29, 1.82) is 0 Å². The number of benzene rings is 2. The SMILES string of the molecule is CCOc1ccccc1N(CC(=O)N(Cc1ccc(Cl)c(Cl)c1)[C@@H](C)C(=O)NC(C)(C)C)S(C)(=O)=O. The molecule has 0 aliphatic carbocycles. The molecule has 0 aliphatic rings. The Morgan fingerprint density at radius 1 is 1.08 bits per heavy atom. The van der Waals surface area contributed by atoms with E-state index < -0.39 is 34.1 Å². The summed E-state index contributed by atoms with van der Waals surface area (Å²) in [6.07, 6.45) is 1.02. The third kappa shape index (κ3) is 8.28. The van der Waals surface area contributed by atoms with Gasteiger partial charge < -0.3 is 15.0 Å². The molecular weight excluding hydrogens is 525 g/mol. The Morgan fingerprint density at radius 2 is 1.72 bits per heavy atom. The van der Waals surface area contributed by atoms with E-state index in [0.717, 1.165) is 10.6 Å². The number of hydrogen-bond acceptors (Lipinski definition) is 5. The second kappa shape index (κ2) is 12.2. The lowest BCUT2D eigenvalue weighted by molar-refractivity contribution is -0.140. The van der Waals surface area contributed by atoms with Gasteiger partial charge in [-0.3, -0.25) is 13.9 Å². The van der Waals surface area contributed by atoms with E-state index in [2.05, 4.69) is 5.32 Å². The Balaban J connectivity index is 2.47. The molecule has 0 heterocycles. The fourth-order valence-corrected chi connectivity index (χ4v) is 4.60. The minimum Gasteiger partial charge on any atom is -0.492 e. The summed E-state index contributed by atoms with van der Waals surface area (Å²) >= 11 is 12.2. The molecule has 1 N–H and O–H groups in total. The molecule has 0 spiro atoms. The summed E-state index contributed by atoms with van der Waals surface area (Å²) in [5.41, 5.74) is 0.337. The minimum absolute atomic E-state index is 0.0131. The number of sulfonamides is 1. The Labute approximate surface area is 223 Å². The van der Waals surface area contributed by atoms with E-state index in [4.69, 9.17) is 27.9 Å². The first-order valence-electron chi connectivity index (χ1n) is 11.4. The van der Waals surface area contributed by atoms with Crippen LogP contribution in [0.25, 0.3) is 0 Å². The largest absolute Gasteiger partial charge is 0.492 e. The van der Waals surface area contributed by atoms with Crippen LogP contribution in [0.4, 0.5) is 5.69 Å². The first-order chi connectivity index (χ1) is 16.6. The van der Waals surface area contributed by atoms with Crippen molar-refractivity contribution in [2.24, 2.45) is 0 Å². The molecule has 0 bridgehead atoms. The third-order valence-corrected chi connectivity index (χ3v) is 6.98. The molecule has 36 heavy (non-hydrogen) atoms. The summed E-state index contributed by atoms with van der Waals surface area (Å²) in [5, 5.41) is 3.53. The Bertz CT molecular complexity index is 1200. The lowest BCUT2D eigenvalue weighted by atomic mass is 10.1. The number of nitrogens with one attached hydrogen (secondary N) is 1. The van der Waals surface area contributed by atoms with Gasteiger partial charge in [-0.1, -0.05) is 41.4 Å². The quantitative estimate of drug-likeness (QED) is 0.464. The minimum atomic E-state index is -3.88. The van der Waals surface area contributed by atoms with Crippen molar-refractivity contribution in [3.05, 3.63) is 58.1 Å². The van der Waals surface area contributed by atoms with Crippen LogP contribution in [0.2, 0.25) is 10.0 Å². The molecule has 2 rings (SSSR count).